The molecule has 0 radical (unpaired) electrons. The monoisotopic (exact) mass is 488 g/mol. The molecule has 0 amide bonds. The number of alkyl halides is 3. The Bertz CT molecular complexity index is 1320. The molecule has 0 spiro atoms. The van der Waals surface area contributed by atoms with Crippen LogP contribution >= 0.6 is 0 Å². The highest BCUT2D eigenvalue weighted by Crippen LogP contribution is 2.32. The van der Waals surface area contributed by atoms with E-state index in [0.717, 1.165) is 58.3 Å². The number of rotatable bonds is 6. The molecule has 186 valence electrons. The molecule has 0 saturated carbocycles. The summed E-state index contributed by atoms with van der Waals surface area (Å²) >= 11 is 0. The number of anilines is 1. The van der Waals surface area contributed by atoms with E-state index in [2.05, 4.69) is 48.6 Å². The highest BCUT2D eigenvalue weighted by molar-refractivity contribution is 6.07. The van der Waals surface area contributed by atoms with Crippen LogP contribution < -0.4 is 10.5 Å². The first-order chi connectivity index (χ1) is 16.5. The minimum Gasteiger partial charge on any atom is -0.486 e. The van der Waals surface area contributed by atoms with Gasteiger partial charge in [-0.2, -0.15) is 13.2 Å². The molecule has 4 rings (SSSR count). The summed E-state index contributed by atoms with van der Waals surface area (Å²) in [6.45, 7) is 4.24. The summed E-state index contributed by atoms with van der Waals surface area (Å²) in [5.41, 5.74) is 10.0. The van der Waals surface area contributed by atoms with Gasteiger partial charge in [0.1, 0.15) is 23.2 Å². The zero-order chi connectivity index (χ0) is 25.8. The van der Waals surface area contributed by atoms with Gasteiger partial charge in [-0.1, -0.05) is 43.7 Å². The Morgan fingerprint density at radius 3 is 2.43 bits per heavy atom. The molecule has 0 bridgehead atoms. The van der Waals surface area contributed by atoms with E-state index in [1.807, 2.05) is 30.3 Å². The Labute approximate surface area is 200 Å². The third kappa shape index (κ3) is 6.00. The average molecular weight is 489 g/mol. The molecule has 35 heavy (non-hydrogen) atoms. The van der Waals surface area contributed by atoms with Crippen LogP contribution in [0.5, 0.6) is 5.75 Å². The predicted molar refractivity (Wildman–Crippen MR) is 128 cm³/mol. The van der Waals surface area contributed by atoms with Crippen LogP contribution in [0.2, 0.25) is 0 Å². The number of nitrogen functional groups attached to an aromatic ring is 1. The van der Waals surface area contributed by atoms with Crippen molar-refractivity contribution in [1.29, 1.82) is 0 Å². The number of hydrogen-bond acceptors (Lipinski definition) is 5. The van der Waals surface area contributed by atoms with Crippen LogP contribution in [-0.2, 0) is 18.3 Å². The average Bonchev–Trinajstić information content (AvgIpc) is 3.15. The molecule has 3 N–H and O–H groups in total. The van der Waals surface area contributed by atoms with E-state index < -0.39 is 12.1 Å². The molecule has 0 aliphatic rings. The number of carboxylic acids is 1. The Morgan fingerprint density at radius 2 is 1.83 bits per heavy atom. The fourth-order valence-corrected chi connectivity index (χ4v) is 3.64. The largest absolute Gasteiger partial charge is 0.490 e. The minimum atomic E-state index is -5.08. The predicted octanol–water partition coefficient (Wildman–Crippen LogP) is 5.82. The van der Waals surface area contributed by atoms with Crippen molar-refractivity contribution in [3.8, 4) is 5.75 Å². The van der Waals surface area contributed by atoms with E-state index in [4.69, 9.17) is 25.4 Å². The van der Waals surface area contributed by atoms with Gasteiger partial charge < -0.3 is 20.1 Å². The minimum absolute atomic E-state index is 0.0393. The van der Waals surface area contributed by atoms with Gasteiger partial charge in [0.15, 0.2) is 5.82 Å². The number of aromatic nitrogens is 3. The summed E-state index contributed by atoms with van der Waals surface area (Å²) in [7, 11) is 2.05. The number of halogens is 3. The number of fused-ring (bicyclic) bond motifs is 3. The Hall–Kier alpha value is -3.82. The van der Waals surface area contributed by atoms with Crippen molar-refractivity contribution in [3.05, 3.63) is 59.9 Å². The van der Waals surface area contributed by atoms with Crippen LogP contribution in [0.25, 0.3) is 21.9 Å². The summed E-state index contributed by atoms with van der Waals surface area (Å²) in [5.74, 6) is -0.422. The number of imidazole rings is 1. The second kappa shape index (κ2) is 10.6. The first-order valence-electron chi connectivity index (χ1n) is 11.1. The number of ether oxygens (including phenoxy) is 1. The van der Waals surface area contributed by atoms with Crippen molar-refractivity contribution in [2.75, 3.05) is 5.73 Å². The fourth-order valence-electron chi connectivity index (χ4n) is 3.64. The standard InChI is InChI=1S/C23H26N4O.C2HF3O2/c1-4-5-11-20-26-21-22(27(20)3)18-14-17(12-13-19(18)25-23(21)24)28-15(2)16-9-7-6-8-10-16;3-2(4,5)1(6)7/h6-10,12-15H,4-5,11H2,1-3H3,(H2,24,25);(H,6,7). The van der Waals surface area contributed by atoms with Crippen molar-refractivity contribution < 1.29 is 27.8 Å². The van der Waals surface area contributed by atoms with Crippen LogP contribution in [0.1, 0.15) is 44.2 Å². The number of pyridine rings is 1. The number of benzene rings is 2. The van der Waals surface area contributed by atoms with Gasteiger partial charge in [-0.15, -0.1) is 0 Å². The molecule has 2 aromatic heterocycles. The number of nitrogens with zero attached hydrogens (tertiary/aromatic N) is 3. The maximum absolute atomic E-state index is 10.6. The number of carbonyl (C=O) groups is 1. The van der Waals surface area contributed by atoms with E-state index in [-0.39, 0.29) is 6.10 Å². The summed E-state index contributed by atoms with van der Waals surface area (Å²) in [6, 6.07) is 16.2. The fraction of sp³-hybridized carbons (Fsp3) is 0.320. The number of aliphatic carboxylic acids is 1. The van der Waals surface area contributed by atoms with Gasteiger partial charge in [0.25, 0.3) is 0 Å². The molecule has 1 atom stereocenters. The van der Waals surface area contributed by atoms with Crippen LogP contribution in [-0.4, -0.2) is 31.8 Å². The lowest BCUT2D eigenvalue weighted by atomic mass is 10.1. The van der Waals surface area contributed by atoms with Gasteiger partial charge in [0.2, 0.25) is 0 Å². The molecule has 0 fully saturated rings. The van der Waals surface area contributed by atoms with Gasteiger partial charge in [0, 0.05) is 18.9 Å². The van der Waals surface area contributed by atoms with Crippen LogP contribution in [0.15, 0.2) is 48.5 Å². The van der Waals surface area contributed by atoms with Crippen molar-refractivity contribution in [2.45, 2.75) is 45.4 Å². The smallest absolute Gasteiger partial charge is 0.486 e. The molecule has 2 aromatic carbocycles. The van der Waals surface area contributed by atoms with E-state index in [1.165, 1.54) is 0 Å². The van der Waals surface area contributed by atoms with E-state index in [1.54, 1.807) is 0 Å². The Kier molecular flexibility index (Phi) is 7.83. The highest BCUT2D eigenvalue weighted by atomic mass is 19.4. The molecule has 0 saturated heterocycles. The van der Waals surface area contributed by atoms with Crippen LogP contribution in [0.3, 0.4) is 0 Å². The van der Waals surface area contributed by atoms with Gasteiger partial charge in [-0.05, 0) is 37.1 Å². The van der Waals surface area contributed by atoms with Crippen molar-refractivity contribution in [2.24, 2.45) is 7.05 Å². The van der Waals surface area contributed by atoms with E-state index in [9.17, 15) is 13.2 Å². The molecule has 4 aromatic rings. The molecule has 10 heteroatoms. The summed E-state index contributed by atoms with van der Waals surface area (Å²) in [5, 5.41) is 8.14. The molecule has 1 unspecified atom stereocenters. The van der Waals surface area contributed by atoms with Crippen molar-refractivity contribution >= 4 is 33.7 Å². The summed E-state index contributed by atoms with van der Waals surface area (Å²) in [6.07, 6.45) is -1.95. The van der Waals surface area contributed by atoms with Crippen LogP contribution in [0.4, 0.5) is 19.0 Å². The Balaban J connectivity index is 0.000000429. The van der Waals surface area contributed by atoms with Crippen LogP contribution in [0, 0.1) is 0 Å². The lowest BCUT2D eigenvalue weighted by molar-refractivity contribution is -0.192. The topological polar surface area (TPSA) is 103 Å². The number of nitrogens with two attached hydrogens (primary N) is 1. The summed E-state index contributed by atoms with van der Waals surface area (Å²) < 4.78 is 40.1. The third-order valence-corrected chi connectivity index (χ3v) is 5.47. The van der Waals surface area contributed by atoms with E-state index in [0.29, 0.717) is 5.82 Å². The molecule has 2 heterocycles. The maximum atomic E-state index is 10.6. The van der Waals surface area contributed by atoms with Gasteiger partial charge in [0.05, 0.1) is 11.0 Å². The maximum Gasteiger partial charge on any atom is 0.490 e. The van der Waals surface area contributed by atoms with Gasteiger partial charge >= 0.3 is 12.1 Å². The SMILES string of the molecule is CCCCc1nc2c(N)nc3ccc(OC(C)c4ccccc4)cc3c2n1C.O=C(O)C(F)(F)F. The van der Waals surface area contributed by atoms with Crippen molar-refractivity contribution in [1.82, 2.24) is 14.5 Å². The quantitative estimate of drug-likeness (QED) is 0.355. The molecular formula is C25H27F3N4O3. The highest BCUT2D eigenvalue weighted by Gasteiger charge is 2.38. The van der Waals surface area contributed by atoms with Gasteiger partial charge in [-0.25, -0.2) is 14.8 Å². The normalized spacial score (nSPS) is 12.3. The molecular weight excluding hydrogens is 461 g/mol. The Morgan fingerprint density at radius 1 is 1.17 bits per heavy atom. The number of aryl methyl sites for hydroxylation is 2. The molecule has 7 nitrogen and oxygen atoms in total. The third-order valence-electron chi connectivity index (χ3n) is 5.47. The number of carboxylic acid groups (broad SMARTS) is 1. The summed E-state index contributed by atoms with van der Waals surface area (Å²) in [4.78, 5) is 18.2. The molecule has 0 aliphatic heterocycles. The lowest BCUT2D eigenvalue weighted by Gasteiger charge is -2.16. The first-order valence-corrected chi connectivity index (χ1v) is 11.1. The van der Waals surface area contributed by atoms with Gasteiger partial charge in [-0.3, -0.25) is 0 Å². The van der Waals surface area contributed by atoms with E-state index >= 15 is 0 Å². The number of hydrogen-bond donors (Lipinski definition) is 2. The second-order valence-corrected chi connectivity index (χ2v) is 8.04. The second-order valence-electron chi connectivity index (χ2n) is 8.04. The van der Waals surface area contributed by atoms with Crippen molar-refractivity contribution in [3.63, 3.8) is 0 Å². The zero-order valence-electron chi connectivity index (χ0n) is 19.6. The first kappa shape index (κ1) is 25.8. The number of unbranched alkanes of at least 4 members (excludes halogenated alkanes) is 1. The lowest BCUT2D eigenvalue weighted by Crippen LogP contribution is -2.21. The zero-order valence-corrected chi connectivity index (χ0v) is 19.6. The molecule has 0 aliphatic carbocycles.